The Morgan fingerprint density at radius 2 is 1.24 bits per heavy atom. The first-order chi connectivity index (χ1) is 7.25. The molecular formula is C6H2ClF9O. The molecule has 0 aromatic rings. The highest BCUT2D eigenvalue weighted by atomic mass is 35.5. The molecule has 0 unspecified atom stereocenters. The maximum atomic E-state index is 11.9. The number of allylic oxidation sites excluding steroid dienone is 2. The van der Waals surface area contributed by atoms with Gasteiger partial charge in [0.2, 0.25) is 5.76 Å². The van der Waals surface area contributed by atoms with E-state index in [1.807, 2.05) is 0 Å². The quantitative estimate of drug-likeness (QED) is 0.550. The molecule has 0 N–H and O–H groups in total. The summed E-state index contributed by atoms with van der Waals surface area (Å²) >= 11 is 4.28. The molecule has 0 atom stereocenters. The molecule has 0 radical (unpaired) electrons. The van der Waals surface area contributed by atoms with Gasteiger partial charge in [0.25, 0.3) is 0 Å². The van der Waals surface area contributed by atoms with Crippen LogP contribution in [0.15, 0.2) is 10.8 Å². The van der Waals surface area contributed by atoms with Gasteiger partial charge in [-0.15, -0.1) is 0 Å². The highest BCUT2D eigenvalue weighted by Gasteiger charge is 2.48. The molecule has 0 amide bonds. The van der Waals surface area contributed by atoms with Crippen LogP contribution in [0.3, 0.4) is 0 Å². The highest BCUT2D eigenvalue weighted by Crippen LogP contribution is 2.39. The van der Waals surface area contributed by atoms with Crippen molar-refractivity contribution in [2.45, 2.75) is 18.5 Å². The molecule has 0 saturated heterocycles. The number of ether oxygens (including phenoxy) is 1. The van der Waals surface area contributed by atoms with Gasteiger partial charge in [0.05, 0.1) is 0 Å². The first kappa shape index (κ1) is 16.2. The minimum atomic E-state index is -5.78. The smallest absolute Gasteiger partial charge is 0.450 e. The molecule has 0 heterocycles. The summed E-state index contributed by atoms with van der Waals surface area (Å²) in [6, 6.07) is 0. The number of rotatable bonds is 2. The molecule has 0 aliphatic heterocycles. The van der Waals surface area contributed by atoms with Crippen LogP contribution in [0.25, 0.3) is 0 Å². The highest BCUT2D eigenvalue weighted by molar-refractivity contribution is 6.30. The summed E-state index contributed by atoms with van der Waals surface area (Å²) in [7, 11) is 0. The van der Waals surface area contributed by atoms with Crippen molar-refractivity contribution in [1.29, 1.82) is 0 Å². The summed E-state index contributed by atoms with van der Waals surface area (Å²) < 4.78 is 109. The Labute approximate surface area is 92.8 Å². The standard InChI is InChI=1S/C6H2ClF9O/c7-2(5(11,12)13)3(6(14,15)16)17-1-4(8,9)10/h1H2. The molecule has 0 aromatic carbocycles. The van der Waals surface area contributed by atoms with Crippen LogP contribution in [0, 0.1) is 0 Å². The van der Waals surface area contributed by atoms with E-state index in [0.29, 0.717) is 0 Å². The third kappa shape index (κ3) is 5.89. The summed E-state index contributed by atoms with van der Waals surface area (Å²) in [6.45, 7) is -2.53. The first-order valence-electron chi connectivity index (χ1n) is 3.49. The Kier molecular flexibility index (Phi) is 4.60. The molecule has 102 valence electrons. The Bertz CT molecular complexity index is 296. The molecule has 0 spiro atoms. The van der Waals surface area contributed by atoms with Crippen LogP contribution >= 0.6 is 11.6 Å². The summed E-state index contributed by atoms with van der Waals surface area (Å²) in [5.74, 6) is -2.93. The third-order valence-corrected chi connectivity index (χ3v) is 1.47. The van der Waals surface area contributed by atoms with E-state index in [1.165, 1.54) is 0 Å². The lowest BCUT2D eigenvalue weighted by Crippen LogP contribution is -2.26. The van der Waals surface area contributed by atoms with Gasteiger partial charge in [0.15, 0.2) is 11.6 Å². The zero-order valence-corrected chi connectivity index (χ0v) is 8.15. The molecule has 0 saturated carbocycles. The number of halogens is 10. The van der Waals surface area contributed by atoms with Gasteiger partial charge in [-0.3, -0.25) is 0 Å². The molecule has 0 aromatic heterocycles. The second kappa shape index (κ2) is 4.83. The Hall–Kier alpha value is -0.800. The fourth-order valence-corrected chi connectivity index (χ4v) is 0.714. The maximum absolute atomic E-state index is 11.9. The molecule has 1 nitrogen and oxygen atoms in total. The van der Waals surface area contributed by atoms with Crippen molar-refractivity contribution in [2.75, 3.05) is 6.61 Å². The van der Waals surface area contributed by atoms with Gasteiger partial charge < -0.3 is 4.74 Å². The zero-order chi connectivity index (χ0) is 14.1. The van der Waals surface area contributed by atoms with Gasteiger partial charge in [-0.1, -0.05) is 11.6 Å². The van der Waals surface area contributed by atoms with Gasteiger partial charge in [0.1, 0.15) is 0 Å². The fourth-order valence-electron chi connectivity index (χ4n) is 0.552. The molecular weight excluding hydrogens is 294 g/mol. The van der Waals surface area contributed by atoms with Crippen molar-refractivity contribution in [2.24, 2.45) is 0 Å². The fraction of sp³-hybridized carbons (Fsp3) is 0.667. The van der Waals surface area contributed by atoms with Crippen molar-refractivity contribution in [3.63, 3.8) is 0 Å². The molecule has 0 aliphatic rings. The molecule has 0 rings (SSSR count). The molecule has 11 heteroatoms. The second-order valence-electron chi connectivity index (χ2n) is 2.54. The lowest BCUT2D eigenvalue weighted by molar-refractivity contribution is -0.194. The van der Waals surface area contributed by atoms with Gasteiger partial charge in [0, 0.05) is 0 Å². The second-order valence-corrected chi connectivity index (χ2v) is 2.92. The topological polar surface area (TPSA) is 9.23 Å². The minimum absolute atomic E-state index is 2.53. The van der Waals surface area contributed by atoms with Crippen LogP contribution in [0.4, 0.5) is 39.5 Å². The number of hydrogen-bond donors (Lipinski definition) is 0. The SMILES string of the molecule is FC(F)(F)COC(=C(Cl)C(F)(F)F)C(F)(F)F. The summed E-state index contributed by atoms with van der Waals surface area (Å²) in [5, 5.41) is -2.80. The summed E-state index contributed by atoms with van der Waals surface area (Å²) in [5.41, 5.74) is 0. The van der Waals surface area contributed by atoms with E-state index in [9.17, 15) is 39.5 Å². The zero-order valence-electron chi connectivity index (χ0n) is 7.39. The third-order valence-electron chi connectivity index (χ3n) is 1.09. The minimum Gasteiger partial charge on any atom is -0.478 e. The monoisotopic (exact) mass is 296 g/mol. The van der Waals surface area contributed by atoms with E-state index < -0.39 is 35.9 Å². The van der Waals surface area contributed by atoms with Crippen LogP contribution in [0.2, 0.25) is 0 Å². The molecule has 0 bridgehead atoms. The van der Waals surface area contributed by atoms with E-state index in [2.05, 4.69) is 16.3 Å². The van der Waals surface area contributed by atoms with Crippen LogP contribution in [0.5, 0.6) is 0 Å². The van der Waals surface area contributed by atoms with Gasteiger partial charge in [-0.25, -0.2) is 0 Å². The van der Waals surface area contributed by atoms with Gasteiger partial charge in [-0.05, 0) is 0 Å². The van der Waals surface area contributed by atoms with Crippen molar-refractivity contribution >= 4 is 11.6 Å². The number of hydrogen-bond acceptors (Lipinski definition) is 1. The van der Waals surface area contributed by atoms with Gasteiger partial charge in [-0.2, -0.15) is 39.5 Å². The van der Waals surface area contributed by atoms with Crippen LogP contribution in [0.1, 0.15) is 0 Å². The summed E-state index contributed by atoms with van der Waals surface area (Å²) in [4.78, 5) is 0. The predicted octanol–water partition coefficient (Wildman–Crippen LogP) is 4.14. The molecule has 0 fully saturated rings. The number of alkyl halides is 9. The van der Waals surface area contributed by atoms with E-state index in [-0.39, 0.29) is 0 Å². The van der Waals surface area contributed by atoms with Crippen molar-refractivity contribution < 1.29 is 44.3 Å². The maximum Gasteiger partial charge on any atom is 0.450 e. The normalized spacial score (nSPS) is 15.6. The first-order valence-corrected chi connectivity index (χ1v) is 3.86. The Morgan fingerprint density at radius 3 is 1.47 bits per heavy atom. The van der Waals surface area contributed by atoms with Crippen molar-refractivity contribution in [3.8, 4) is 0 Å². The molecule has 0 aliphatic carbocycles. The Balaban J connectivity index is 5.19. The van der Waals surface area contributed by atoms with Crippen molar-refractivity contribution in [3.05, 3.63) is 10.8 Å². The lowest BCUT2D eigenvalue weighted by Gasteiger charge is -2.17. The largest absolute Gasteiger partial charge is 0.478 e. The van der Waals surface area contributed by atoms with Crippen LogP contribution in [-0.4, -0.2) is 25.1 Å². The summed E-state index contributed by atoms with van der Waals surface area (Å²) in [6.07, 6.45) is -16.7. The lowest BCUT2D eigenvalue weighted by atomic mass is 10.4. The average molecular weight is 297 g/mol. The van der Waals surface area contributed by atoms with Gasteiger partial charge >= 0.3 is 18.5 Å². The average Bonchev–Trinajstić information content (AvgIpc) is 1.97. The van der Waals surface area contributed by atoms with E-state index in [1.54, 1.807) is 0 Å². The van der Waals surface area contributed by atoms with Crippen molar-refractivity contribution in [1.82, 2.24) is 0 Å². The van der Waals surface area contributed by atoms with E-state index in [4.69, 9.17) is 0 Å². The predicted molar refractivity (Wildman–Crippen MR) is 37.0 cm³/mol. The van der Waals surface area contributed by atoms with E-state index >= 15 is 0 Å². The Morgan fingerprint density at radius 1 is 0.824 bits per heavy atom. The van der Waals surface area contributed by atoms with Crippen LogP contribution < -0.4 is 0 Å². The van der Waals surface area contributed by atoms with Crippen LogP contribution in [-0.2, 0) is 4.74 Å². The van der Waals surface area contributed by atoms with E-state index in [0.717, 1.165) is 0 Å². The molecule has 17 heavy (non-hydrogen) atoms.